The maximum atomic E-state index is 5.26. The number of hydrogen-bond acceptors (Lipinski definition) is 0. The Morgan fingerprint density at radius 3 is 2.53 bits per heavy atom. The van der Waals surface area contributed by atoms with Crippen LogP contribution in [0.1, 0.15) is 43.4 Å². The molecule has 80 valence electrons. The van der Waals surface area contributed by atoms with Crippen LogP contribution in [-0.4, -0.2) is 0 Å². The second kappa shape index (κ2) is 6.30. The average Bonchev–Trinajstić information content (AvgIpc) is 2.29. The van der Waals surface area contributed by atoms with Crippen molar-refractivity contribution in [2.24, 2.45) is 0 Å². The molecule has 0 amide bonds. The van der Waals surface area contributed by atoms with Gasteiger partial charge in [0.15, 0.2) is 0 Å². The van der Waals surface area contributed by atoms with Gasteiger partial charge in [0.1, 0.15) is 0 Å². The Bertz CT molecular complexity index is 342. The minimum atomic E-state index is 0.888. The maximum absolute atomic E-state index is 5.26. The summed E-state index contributed by atoms with van der Waals surface area (Å²) in [5, 5.41) is 0. The zero-order valence-corrected chi connectivity index (χ0v) is 9.84. The van der Waals surface area contributed by atoms with Gasteiger partial charge in [-0.3, -0.25) is 0 Å². The highest BCUT2D eigenvalue weighted by Gasteiger charge is 2.01. The lowest BCUT2D eigenvalue weighted by molar-refractivity contribution is 0.843. The lowest BCUT2D eigenvalue weighted by Crippen LogP contribution is -1.95. The van der Waals surface area contributed by atoms with Crippen LogP contribution in [0.3, 0.4) is 0 Å². The van der Waals surface area contributed by atoms with Crippen LogP contribution in [0, 0.1) is 12.3 Å². The standard InChI is InChI=1S/C15H20/c1-4-7-8-9-15-11-10-13(5-2)12-14(15)6-3/h1,10-12H,5-9H2,2-3H3. The molecule has 0 nitrogen and oxygen atoms in total. The summed E-state index contributed by atoms with van der Waals surface area (Å²) >= 11 is 0. The van der Waals surface area contributed by atoms with Gasteiger partial charge in [-0.2, -0.15) is 0 Å². The zero-order chi connectivity index (χ0) is 11.1. The molecule has 0 fully saturated rings. The van der Waals surface area contributed by atoms with Gasteiger partial charge in [-0.05, 0) is 42.4 Å². The van der Waals surface area contributed by atoms with Crippen molar-refractivity contribution in [2.75, 3.05) is 0 Å². The van der Waals surface area contributed by atoms with E-state index in [0.717, 1.165) is 32.1 Å². The Morgan fingerprint density at radius 1 is 1.13 bits per heavy atom. The van der Waals surface area contributed by atoms with E-state index in [-0.39, 0.29) is 0 Å². The molecule has 0 aliphatic rings. The normalized spacial score (nSPS) is 9.93. The Morgan fingerprint density at radius 2 is 1.93 bits per heavy atom. The molecule has 0 spiro atoms. The maximum Gasteiger partial charge on any atom is 0.00892 e. The minimum absolute atomic E-state index is 0.888. The van der Waals surface area contributed by atoms with Crippen LogP contribution in [0.25, 0.3) is 0 Å². The Hall–Kier alpha value is -1.22. The molecule has 0 atom stereocenters. The van der Waals surface area contributed by atoms with Crippen molar-refractivity contribution in [1.29, 1.82) is 0 Å². The summed E-state index contributed by atoms with van der Waals surface area (Å²) in [6.07, 6.45) is 10.6. The molecule has 0 saturated carbocycles. The summed E-state index contributed by atoms with van der Waals surface area (Å²) in [6.45, 7) is 4.42. The molecular weight excluding hydrogens is 180 g/mol. The van der Waals surface area contributed by atoms with E-state index in [9.17, 15) is 0 Å². The number of rotatable bonds is 5. The van der Waals surface area contributed by atoms with Gasteiger partial charge in [0.25, 0.3) is 0 Å². The van der Waals surface area contributed by atoms with Crippen LogP contribution < -0.4 is 0 Å². The highest BCUT2D eigenvalue weighted by molar-refractivity contribution is 5.32. The molecule has 1 aromatic carbocycles. The summed E-state index contributed by atoms with van der Waals surface area (Å²) in [6, 6.07) is 6.85. The third-order valence-corrected chi connectivity index (χ3v) is 2.83. The SMILES string of the molecule is C#CCCCc1ccc(CC)cc1CC. The van der Waals surface area contributed by atoms with Crippen LogP contribution in [-0.2, 0) is 19.3 Å². The van der Waals surface area contributed by atoms with Gasteiger partial charge in [-0.25, -0.2) is 0 Å². The van der Waals surface area contributed by atoms with Crippen molar-refractivity contribution in [3.05, 3.63) is 34.9 Å². The molecule has 1 rings (SSSR count). The molecule has 0 aliphatic carbocycles. The lowest BCUT2D eigenvalue weighted by Gasteiger charge is -2.09. The van der Waals surface area contributed by atoms with Crippen LogP contribution >= 0.6 is 0 Å². The first-order valence-electron chi connectivity index (χ1n) is 5.86. The van der Waals surface area contributed by atoms with Gasteiger partial charge in [-0.15, -0.1) is 12.3 Å². The van der Waals surface area contributed by atoms with E-state index in [2.05, 4.69) is 38.0 Å². The van der Waals surface area contributed by atoms with Crippen molar-refractivity contribution >= 4 is 0 Å². The van der Waals surface area contributed by atoms with Crippen molar-refractivity contribution in [1.82, 2.24) is 0 Å². The topological polar surface area (TPSA) is 0 Å². The molecule has 0 heterocycles. The third kappa shape index (κ3) is 3.44. The van der Waals surface area contributed by atoms with E-state index in [1.54, 1.807) is 0 Å². The van der Waals surface area contributed by atoms with Gasteiger partial charge in [0.2, 0.25) is 0 Å². The van der Waals surface area contributed by atoms with E-state index in [1.165, 1.54) is 16.7 Å². The molecule has 0 bridgehead atoms. The molecule has 15 heavy (non-hydrogen) atoms. The number of terminal acetylenes is 1. The predicted molar refractivity (Wildman–Crippen MR) is 67.0 cm³/mol. The van der Waals surface area contributed by atoms with Crippen LogP contribution in [0.2, 0.25) is 0 Å². The predicted octanol–water partition coefficient (Wildman–Crippen LogP) is 3.77. The molecule has 0 heteroatoms. The van der Waals surface area contributed by atoms with Crippen LogP contribution in [0.4, 0.5) is 0 Å². The first kappa shape index (κ1) is 11.9. The fourth-order valence-corrected chi connectivity index (χ4v) is 1.85. The number of hydrogen-bond donors (Lipinski definition) is 0. The summed E-state index contributed by atoms with van der Waals surface area (Å²) in [5.74, 6) is 2.70. The van der Waals surface area contributed by atoms with Gasteiger partial charge in [0.05, 0.1) is 0 Å². The van der Waals surface area contributed by atoms with Gasteiger partial charge >= 0.3 is 0 Å². The summed E-state index contributed by atoms with van der Waals surface area (Å²) in [5.41, 5.74) is 4.41. The summed E-state index contributed by atoms with van der Waals surface area (Å²) in [4.78, 5) is 0. The lowest BCUT2D eigenvalue weighted by atomic mass is 9.97. The molecule has 0 aliphatic heterocycles. The van der Waals surface area contributed by atoms with E-state index in [1.807, 2.05) is 0 Å². The van der Waals surface area contributed by atoms with E-state index in [4.69, 9.17) is 6.42 Å². The van der Waals surface area contributed by atoms with Crippen molar-refractivity contribution < 1.29 is 0 Å². The highest BCUT2D eigenvalue weighted by Crippen LogP contribution is 2.15. The summed E-state index contributed by atoms with van der Waals surface area (Å²) in [7, 11) is 0. The van der Waals surface area contributed by atoms with Crippen molar-refractivity contribution in [2.45, 2.75) is 46.0 Å². The second-order valence-electron chi connectivity index (χ2n) is 3.87. The summed E-state index contributed by atoms with van der Waals surface area (Å²) < 4.78 is 0. The quantitative estimate of drug-likeness (QED) is 0.501. The number of benzene rings is 1. The molecule has 0 radical (unpaired) electrons. The van der Waals surface area contributed by atoms with Crippen molar-refractivity contribution in [3.63, 3.8) is 0 Å². The largest absolute Gasteiger partial charge is 0.120 e. The van der Waals surface area contributed by atoms with E-state index in [0.29, 0.717) is 0 Å². The zero-order valence-electron chi connectivity index (χ0n) is 9.84. The van der Waals surface area contributed by atoms with Crippen LogP contribution in [0.15, 0.2) is 18.2 Å². The Labute approximate surface area is 93.7 Å². The molecule has 1 aromatic rings. The molecular formula is C15H20. The highest BCUT2D eigenvalue weighted by atomic mass is 14.1. The van der Waals surface area contributed by atoms with Crippen LogP contribution in [0.5, 0.6) is 0 Å². The molecule has 0 unspecified atom stereocenters. The van der Waals surface area contributed by atoms with Gasteiger partial charge in [-0.1, -0.05) is 32.0 Å². The number of aryl methyl sites for hydroxylation is 3. The van der Waals surface area contributed by atoms with E-state index < -0.39 is 0 Å². The number of unbranched alkanes of at least 4 members (excludes halogenated alkanes) is 1. The Kier molecular flexibility index (Phi) is 4.98. The first-order valence-corrected chi connectivity index (χ1v) is 5.86. The fraction of sp³-hybridized carbons (Fsp3) is 0.467. The van der Waals surface area contributed by atoms with Crippen molar-refractivity contribution in [3.8, 4) is 12.3 Å². The van der Waals surface area contributed by atoms with Gasteiger partial charge < -0.3 is 0 Å². The minimum Gasteiger partial charge on any atom is -0.120 e. The Balaban J connectivity index is 2.74. The molecule has 0 saturated heterocycles. The first-order chi connectivity index (χ1) is 7.31. The second-order valence-corrected chi connectivity index (χ2v) is 3.87. The van der Waals surface area contributed by atoms with Gasteiger partial charge in [0, 0.05) is 6.42 Å². The monoisotopic (exact) mass is 200 g/mol. The van der Waals surface area contributed by atoms with E-state index >= 15 is 0 Å². The fourth-order valence-electron chi connectivity index (χ4n) is 1.85. The molecule has 0 aromatic heterocycles. The smallest absolute Gasteiger partial charge is 0.00892 e. The molecule has 0 N–H and O–H groups in total. The third-order valence-electron chi connectivity index (χ3n) is 2.83. The average molecular weight is 200 g/mol.